The molecule has 1 aromatic heterocycles. The molecule has 0 aliphatic heterocycles. The van der Waals surface area contributed by atoms with Gasteiger partial charge in [-0.1, -0.05) is 18.2 Å². The summed E-state index contributed by atoms with van der Waals surface area (Å²) in [6.45, 7) is 0. The maximum Gasteiger partial charge on any atom is 0.119 e. The van der Waals surface area contributed by atoms with Crippen molar-refractivity contribution in [3.8, 4) is 5.75 Å². The van der Waals surface area contributed by atoms with E-state index >= 15 is 0 Å². The molecule has 0 amide bonds. The van der Waals surface area contributed by atoms with Crippen molar-refractivity contribution in [1.82, 2.24) is 4.98 Å². The molecule has 0 aliphatic rings. The Hall–Kier alpha value is -2.09. The summed E-state index contributed by atoms with van der Waals surface area (Å²) in [6.07, 6.45) is 1.90. The third-order valence-electron chi connectivity index (χ3n) is 2.80. The van der Waals surface area contributed by atoms with Crippen LogP contribution in [0, 0.1) is 0 Å². The van der Waals surface area contributed by atoms with Crippen molar-refractivity contribution in [1.29, 1.82) is 0 Å². The second kappa shape index (κ2) is 3.49. The van der Waals surface area contributed by atoms with Gasteiger partial charge in [-0.15, -0.1) is 0 Å². The second-order valence-corrected chi connectivity index (χ2v) is 3.73. The summed E-state index contributed by atoms with van der Waals surface area (Å²) < 4.78 is 5.25. The van der Waals surface area contributed by atoms with Crippen LogP contribution in [0.1, 0.15) is 0 Å². The van der Waals surface area contributed by atoms with E-state index < -0.39 is 0 Å². The summed E-state index contributed by atoms with van der Waals surface area (Å²) in [6, 6.07) is 14.2. The van der Waals surface area contributed by atoms with Gasteiger partial charge in [0.05, 0.1) is 12.6 Å². The highest BCUT2D eigenvalue weighted by Gasteiger charge is 2.02. The molecule has 16 heavy (non-hydrogen) atoms. The number of ether oxygens (including phenoxy) is 1. The highest BCUT2D eigenvalue weighted by molar-refractivity contribution is 6.05. The fraction of sp³-hybridized carbons (Fsp3) is 0.0714. The van der Waals surface area contributed by atoms with Gasteiger partial charge < -0.3 is 4.74 Å². The maximum absolute atomic E-state index is 5.25. The lowest BCUT2D eigenvalue weighted by Gasteiger charge is -2.05. The van der Waals surface area contributed by atoms with Gasteiger partial charge in [-0.25, -0.2) is 0 Å². The van der Waals surface area contributed by atoms with E-state index in [2.05, 4.69) is 17.1 Å². The van der Waals surface area contributed by atoms with Gasteiger partial charge in [0.25, 0.3) is 0 Å². The van der Waals surface area contributed by atoms with Crippen LogP contribution >= 0.6 is 0 Å². The van der Waals surface area contributed by atoms with Crippen LogP contribution < -0.4 is 4.74 Å². The molecular weight excluding hydrogens is 198 g/mol. The predicted molar refractivity (Wildman–Crippen MR) is 65.8 cm³/mol. The van der Waals surface area contributed by atoms with E-state index in [0.717, 1.165) is 16.7 Å². The standard InChI is InChI=1S/C14H11NO/c1-16-11-7-6-10-9-15-14-5-3-2-4-12(14)13(10)8-11/h2-9H,1H3. The number of rotatable bonds is 1. The van der Waals surface area contributed by atoms with Gasteiger partial charge in [-0.3, -0.25) is 4.98 Å². The molecule has 2 heteroatoms. The summed E-state index contributed by atoms with van der Waals surface area (Å²) >= 11 is 0. The Bertz CT molecular complexity index is 661. The third-order valence-corrected chi connectivity index (χ3v) is 2.80. The molecule has 0 fully saturated rings. The molecule has 0 saturated carbocycles. The molecular formula is C14H11NO. The molecule has 3 rings (SSSR count). The minimum absolute atomic E-state index is 0.879. The van der Waals surface area contributed by atoms with Crippen molar-refractivity contribution in [2.75, 3.05) is 7.11 Å². The Morgan fingerprint density at radius 3 is 2.75 bits per heavy atom. The number of nitrogens with zero attached hydrogens (tertiary/aromatic N) is 1. The average Bonchev–Trinajstić information content (AvgIpc) is 2.38. The molecule has 0 N–H and O–H groups in total. The quantitative estimate of drug-likeness (QED) is 0.573. The van der Waals surface area contributed by atoms with Gasteiger partial charge in [-0.05, 0) is 29.7 Å². The predicted octanol–water partition coefficient (Wildman–Crippen LogP) is 3.40. The Balaban J connectivity index is 2.47. The van der Waals surface area contributed by atoms with E-state index in [0.29, 0.717) is 0 Å². The Morgan fingerprint density at radius 2 is 1.88 bits per heavy atom. The SMILES string of the molecule is COc1ccc2cnc3ccccc3c2c1. The largest absolute Gasteiger partial charge is 0.497 e. The number of fused-ring (bicyclic) bond motifs is 3. The molecule has 0 saturated heterocycles. The zero-order valence-electron chi connectivity index (χ0n) is 8.97. The number of hydrogen-bond acceptors (Lipinski definition) is 2. The van der Waals surface area contributed by atoms with Crippen LogP contribution in [0.5, 0.6) is 5.75 Å². The first-order chi connectivity index (χ1) is 7.88. The van der Waals surface area contributed by atoms with Crippen molar-refractivity contribution in [3.05, 3.63) is 48.7 Å². The van der Waals surface area contributed by atoms with Crippen LogP contribution in [0.4, 0.5) is 0 Å². The van der Waals surface area contributed by atoms with Crippen LogP contribution in [0.15, 0.2) is 48.7 Å². The van der Waals surface area contributed by atoms with Crippen molar-refractivity contribution in [2.45, 2.75) is 0 Å². The summed E-state index contributed by atoms with van der Waals surface area (Å²) in [5.74, 6) is 0.879. The number of aromatic nitrogens is 1. The van der Waals surface area contributed by atoms with Crippen molar-refractivity contribution in [2.24, 2.45) is 0 Å². The fourth-order valence-electron chi connectivity index (χ4n) is 1.96. The molecule has 0 bridgehead atoms. The maximum atomic E-state index is 5.25. The molecule has 0 spiro atoms. The molecule has 0 atom stereocenters. The molecule has 0 aliphatic carbocycles. The summed E-state index contributed by atoms with van der Waals surface area (Å²) in [4.78, 5) is 4.42. The van der Waals surface area contributed by atoms with E-state index in [1.807, 2.05) is 36.5 Å². The van der Waals surface area contributed by atoms with Crippen LogP contribution in [0.3, 0.4) is 0 Å². The number of para-hydroxylation sites is 1. The first-order valence-corrected chi connectivity index (χ1v) is 5.20. The monoisotopic (exact) mass is 209 g/mol. The lowest BCUT2D eigenvalue weighted by atomic mass is 10.1. The van der Waals surface area contributed by atoms with Crippen LogP contribution in [-0.2, 0) is 0 Å². The van der Waals surface area contributed by atoms with Crippen LogP contribution in [-0.4, -0.2) is 12.1 Å². The molecule has 2 nitrogen and oxygen atoms in total. The van der Waals surface area contributed by atoms with Crippen molar-refractivity contribution in [3.63, 3.8) is 0 Å². The normalized spacial score (nSPS) is 10.8. The topological polar surface area (TPSA) is 22.1 Å². The Labute approximate surface area is 93.5 Å². The average molecular weight is 209 g/mol. The zero-order chi connectivity index (χ0) is 11.0. The lowest BCUT2D eigenvalue weighted by molar-refractivity contribution is 0.415. The van der Waals surface area contributed by atoms with Crippen LogP contribution in [0.2, 0.25) is 0 Å². The Morgan fingerprint density at radius 1 is 1.00 bits per heavy atom. The number of methoxy groups -OCH3 is 1. The molecule has 2 aromatic carbocycles. The van der Waals surface area contributed by atoms with E-state index in [1.54, 1.807) is 7.11 Å². The number of hydrogen-bond donors (Lipinski definition) is 0. The Kier molecular flexibility index (Phi) is 2.00. The molecule has 78 valence electrons. The van der Waals surface area contributed by atoms with Gasteiger partial charge >= 0.3 is 0 Å². The summed E-state index contributed by atoms with van der Waals surface area (Å²) in [5, 5.41) is 3.49. The van der Waals surface area contributed by atoms with Crippen molar-refractivity contribution < 1.29 is 4.74 Å². The van der Waals surface area contributed by atoms with Gasteiger partial charge in [-0.2, -0.15) is 0 Å². The van der Waals surface area contributed by atoms with Crippen molar-refractivity contribution >= 4 is 21.7 Å². The fourth-order valence-corrected chi connectivity index (χ4v) is 1.96. The van der Waals surface area contributed by atoms with E-state index in [-0.39, 0.29) is 0 Å². The van der Waals surface area contributed by atoms with E-state index in [9.17, 15) is 0 Å². The summed E-state index contributed by atoms with van der Waals surface area (Å²) in [7, 11) is 1.69. The summed E-state index contributed by atoms with van der Waals surface area (Å²) in [5.41, 5.74) is 1.02. The highest BCUT2D eigenvalue weighted by Crippen LogP contribution is 2.26. The molecule has 1 heterocycles. The molecule has 0 unspecified atom stereocenters. The smallest absolute Gasteiger partial charge is 0.119 e. The molecule has 3 aromatic rings. The van der Waals surface area contributed by atoms with E-state index in [1.165, 1.54) is 10.8 Å². The minimum atomic E-state index is 0.879. The first kappa shape index (κ1) is 9.16. The van der Waals surface area contributed by atoms with E-state index in [4.69, 9.17) is 4.74 Å². The number of benzene rings is 2. The lowest BCUT2D eigenvalue weighted by Crippen LogP contribution is -1.85. The highest BCUT2D eigenvalue weighted by atomic mass is 16.5. The van der Waals surface area contributed by atoms with Gasteiger partial charge in [0.1, 0.15) is 5.75 Å². The zero-order valence-corrected chi connectivity index (χ0v) is 8.97. The second-order valence-electron chi connectivity index (χ2n) is 3.73. The number of pyridine rings is 1. The van der Waals surface area contributed by atoms with Gasteiger partial charge in [0.2, 0.25) is 0 Å². The first-order valence-electron chi connectivity index (χ1n) is 5.20. The van der Waals surface area contributed by atoms with Gasteiger partial charge in [0, 0.05) is 17.0 Å². The third kappa shape index (κ3) is 1.31. The molecule has 0 radical (unpaired) electrons. The van der Waals surface area contributed by atoms with Gasteiger partial charge in [0.15, 0.2) is 0 Å². The minimum Gasteiger partial charge on any atom is -0.497 e. The van der Waals surface area contributed by atoms with Crippen LogP contribution in [0.25, 0.3) is 21.7 Å².